The Balaban J connectivity index is 0. The summed E-state index contributed by atoms with van der Waals surface area (Å²) in [5.74, 6) is 0. The average Bonchev–Trinajstić information content (AvgIpc) is 2.33. The maximum Gasteiger partial charge on any atom is 0.0522 e. The van der Waals surface area contributed by atoms with Crippen LogP contribution >= 0.6 is 37.2 Å². The van der Waals surface area contributed by atoms with Crippen molar-refractivity contribution in [1.82, 2.24) is 10.2 Å². The fraction of sp³-hybridized carbons (Fsp3) is 0.571. The normalized spacial score (nSPS) is 18.7. The van der Waals surface area contributed by atoms with Crippen LogP contribution in [0, 0.1) is 0 Å². The monoisotopic (exact) mass is 245 g/mol. The Morgan fingerprint density at radius 3 is 2.77 bits per heavy atom. The van der Waals surface area contributed by atoms with E-state index < -0.39 is 0 Å². The van der Waals surface area contributed by atoms with Crippen LogP contribution in [0.25, 0.3) is 0 Å². The van der Waals surface area contributed by atoms with E-state index in [0.717, 1.165) is 19.3 Å². The van der Waals surface area contributed by atoms with E-state index in [9.17, 15) is 0 Å². The molecule has 0 radical (unpaired) electrons. The summed E-state index contributed by atoms with van der Waals surface area (Å²) in [6.45, 7) is 0. The van der Waals surface area contributed by atoms with Crippen LogP contribution in [0.3, 0.4) is 0 Å². The molecule has 0 fully saturated rings. The van der Waals surface area contributed by atoms with Crippen molar-refractivity contribution in [3.05, 3.63) is 17.5 Å². The number of aryl methyl sites for hydroxylation is 1. The van der Waals surface area contributed by atoms with Gasteiger partial charge in [-0.15, -0.1) is 37.2 Å². The van der Waals surface area contributed by atoms with E-state index in [2.05, 4.69) is 10.2 Å². The van der Waals surface area contributed by atoms with Crippen molar-refractivity contribution in [2.45, 2.75) is 25.3 Å². The van der Waals surface area contributed by atoms with Crippen molar-refractivity contribution < 1.29 is 0 Å². The minimum atomic E-state index is 0. The number of rotatable bonds is 0. The third-order valence-electron chi connectivity index (χ3n) is 2.06. The SMILES string of the molecule is Cl.Cl.Cl.NC1CCc2cn[nH]c2C1. The van der Waals surface area contributed by atoms with E-state index in [-0.39, 0.29) is 37.2 Å². The fourth-order valence-corrected chi connectivity index (χ4v) is 1.44. The van der Waals surface area contributed by atoms with Gasteiger partial charge in [0.1, 0.15) is 0 Å². The smallest absolute Gasteiger partial charge is 0.0522 e. The summed E-state index contributed by atoms with van der Waals surface area (Å²) in [7, 11) is 0. The molecular formula is C7H14Cl3N3. The highest BCUT2D eigenvalue weighted by molar-refractivity contribution is 5.86. The van der Waals surface area contributed by atoms with Gasteiger partial charge in [0.2, 0.25) is 0 Å². The fourth-order valence-electron chi connectivity index (χ4n) is 1.44. The van der Waals surface area contributed by atoms with Crippen molar-refractivity contribution in [2.24, 2.45) is 5.73 Å². The molecule has 2 rings (SSSR count). The summed E-state index contributed by atoms with van der Waals surface area (Å²) in [4.78, 5) is 0. The predicted molar refractivity (Wildman–Crippen MR) is 60.3 cm³/mol. The highest BCUT2D eigenvalue weighted by Gasteiger charge is 2.15. The summed E-state index contributed by atoms with van der Waals surface area (Å²) in [6, 6.07) is 0.341. The van der Waals surface area contributed by atoms with Crippen LogP contribution in [-0.2, 0) is 12.8 Å². The molecule has 1 aliphatic rings. The first-order valence-corrected chi connectivity index (χ1v) is 3.63. The van der Waals surface area contributed by atoms with Gasteiger partial charge < -0.3 is 5.73 Å². The van der Waals surface area contributed by atoms with Gasteiger partial charge in [-0.05, 0) is 18.4 Å². The molecule has 3 N–H and O–H groups in total. The molecule has 1 atom stereocenters. The minimum Gasteiger partial charge on any atom is -0.327 e. The maximum absolute atomic E-state index is 5.76. The lowest BCUT2D eigenvalue weighted by molar-refractivity contribution is 0.569. The minimum absolute atomic E-state index is 0. The molecule has 1 aromatic heterocycles. The van der Waals surface area contributed by atoms with Crippen LogP contribution < -0.4 is 5.73 Å². The largest absolute Gasteiger partial charge is 0.327 e. The standard InChI is InChI=1S/C7H11N3.3ClH/c8-6-2-1-5-4-9-10-7(5)3-6;;;/h4,6H,1-3,8H2,(H,9,10);3*1H. The molecule has 0 spiro atoms. The van der Waals surface area contributed by atoms with Crippen LogP contribution in [0.2, 0.25) is 0 Å². The second-order valence-corrected chi connectivity index (χ2v) is 2.88. The molecule has 0 amide bonds. The van der Waals surface area contributed by atoms with E-state index in [4.69, 9.17) is 5.73 Å². The Labute approximate surface area is 96.1 Å². The topological polar surface area (TPSA) is 54.7 Å². The Kier molecular flexibility index (Phi) is 7.74. The van der Waals surface area contributed by atoms with Crippen LogP contribution in [0.15, 0.2) is 6.20 Å². The first-order valence-electron chi connectivity index (χ1n) is 3.63. The summed E-state index contributed by atoms with van der Waals surface area (Å²) < 4.78 is 0. The number of nitrogens with zero attached hydrogens (tertiary/aromatic N) is 1. The molecular weight excluding hydrogens is 232 g/mol. The van der Waals surface area contributed by atoms with Crippen LogP contribution in [0.4, 0.5) is 0 Å². The number of nitrogens with two attached hydrogens (primary N) is 1. The predicted octanol–water partition coefficient (Wildman–Crippen LogP) is 1.49. The molecule has 6 heteroatoms. The first kappa shape index (κ1) is 15.5. The van der Waals surface area contributed by atoms with Gasteiger partial charge in [0, 0.05) is 18.2 Å². The van der Waals surface area contributed by atoms with Gasteiger partial charge in [0.15, 0.2) is 0 Å². The van der Waals surface area contributed by atoms with E-state index in [1.807, 2.05) is 6.20 Å². The molecule has 0 aliphatic heterocycles. The van der Waals surface area contributed by atoms with Crippen molar-refractivity contribution in [2.75, 3.05) is 0 Å². The van der Waals surface area contributed by atoms with E-state index in [1.54, 1.807) is 0 Å². The zero-order chi connectivity index (χ0) is 6.97. The number of aromatic nitrogens is 2. The molecule has 0 saturated carbocycles. The molecule has 1 unspecified atom stereocenters. The second kappa shape index (κ2) is 6.49. The highest BCUT2D eigenvalue weighted by atomic mass is 35.5. The lowest BCUT2D eigenvalue weighted by atomic mass is 9.95. The number of hydrogen-bond acceptors (Lipinski definition) is 2. The lowest BCUT2D eigenvalue weighted by Crippen LogP contribution is -2.27. The molecule has 3 nitrogen and oxygen atoms in total. The van der Waals surface area contributed by atoms with E-state index in [0.29, 0.717) is 6.04 Å². The molecule has 0 saturated heterocycles. The van der Waals surface area contributed by atoms with Gasteiger partial charge in [-0.1, -0.05) is 0 Å². The van der Waals surface area contributed by atoms with E-state index in [1.165, 1.54) is 11.3 Å². The first-order chi connectivity index (χ1) is 4.86. The van der Waals surface area contributed by atoms with Crippen LogP contribution in [0.1, 0.15) is 17.7 Å². The van der Waals surface area contributed by atoms with Crippen LogP contribution in [-0.4, -0.2) is 16.2 Å². The van der Waals surface area contributed by atoms with Gasteiger partial charge in [0.25, 0.3) is 0 Å². The van der Waals surface area contributed by atoms with Crippen molar-refractivity contribution >= 4 is 37.2 Å². The summed E-state index contributed by atoms with van der Waals surface area (Å²) in [6.07, 6.45) is 5.07. The number of H-pyrrole nitrogens is 1. The zero-order valence-corrected chi connectivity index (χ0v) is 9.47. The third kappa shape index (κ3) is 3.35. The van der Waals surface area contributed by atoms with Gasteiger partial charge >= 0.3 is 0 Å². The van der Waals surface area contributed by atoms with Gasteiger partial charge in [-0.2, -0.15) is 5.10 Å². The van der Waals surface area contributed by atoms with Crippen molar-refractivity contribution in [3.8, 4) is 0 Å². The van der Waals surface area contributed by atoms with E-state index >= 15 is 0 Å². The molecule has 1 heterocycles. The number of hydrogen-bond donors (Lipinski definition) is 2. The number of aromatic amines is 1. The Morgan fingerprint density at radius 1 is 1.38 bits per heavy atom. The second-order valence-electron chi connectivity index (χ2n) is 2.88. The molecule has 1 aromatic rings. The summed E-state index contributed by atoms with van der Waals surface area (Å²) in [5.41, 5.74) is 8.34. The number of fused-ring (bicyclic) bond motifs is 1. The van der Waals surface area contributed by atoms with Gasteiger partial charge in [-0.3, -0.25) is 5.10 Å². The quantitative estimate of drug-likeness (QED) is 0.729. The lowest BCUT2D eigenvalue weighted by Gasteiger charge is -2.16. The Morgan fingerprint density at radius 2 is 2.08 bits per heavy atom. The summed E-state index contributed by atoms with van der Waals surface area (Å²) in [5, 5.41) is 6.92. The maximum atomic E-state index is 5.76. The molecule has 0 aromatic carbocycles. The molecule has 78 valence electrons. The highest BCUT2D eigenvalue weighted by Crippen LogP contribution is 2.16. The third-order valence-corrected chi connectivity index (χ3v) is 2.06. The number of nitrogens with one attached hydrogen (secondary N) is 1. The molecule has 1 aliphatic carbocycles. The van der Waals surface area contributed by atoms with Gasteiger partial charge in [0.05, 0.1) is 6.20 Å². The summed E-state index contributed by atoms with van der Waals surface area (Å²) >= 11 is 0. The van der Waals surface area contributed by atoms with Gasteiger partial charge in [-0.25, -0.2) is 0 Å². The molecule has 13 heavy (non-hydrogen) atoms. The number of halogens is 3. The Bertz CT molecular complexity index is 239. The average molecular weight is 247 g/mol. The zero-order valence-electron chi connectivity index (χ0n) is 7.03. The van der Waals surface area contributed by atoms with Crippen LogP contribution in [0.5, 0.6) is 0 Å². The van der Waals surface area contributed by atoms with Crippen molar-refractivity contribution in [3.63, 3.8) is 0 Å². The molecule has 0 bridgehead atoms. The van der Waals surface area contributed by atoms with Crippen molar-refractivity contribution in [1.29, 1.82) is 0 Å². The Hall–Kier alpha value is 0.0400.